The van der Waals surface area contributed by atoms with Gasteiger partial charge in [0.15, 0.2) is 0 Å². The van der Waals surface area contributed by atoms with Crippen molar-refractivity contribution in [2.45, 2.75) is 38.8 Å². The molecule has 0 bridgehead atoms. The lowest BCUT2D eigenvalue weighted by atomic mass is 10.1. The summed E-state index contributed by atoms with van der Waals surface area (Å²) in [6, 6.07) is 4.15. The molecule has 2 atom stereocenters. The molecular formula is C13H17ClFNO2. The number of rotatable bonds is 5. The van der Waals surface area contributed by atoms with E-state index in [1.165, 1.54) is 12.1 Å². The fourth-order valence-electron chi connectivity index (χ4n) is 1.76. The van der Waals surface area contributed by atoms with Crippen LogP contribution in [0.1, 0.15) is 25.8 Å². The van der Waals surface area contributed by atoms with Gasteiger partial charge in [0, 0.05) is 16.6 Å². The zero-order valence-electron chi connectivity index (χ0n) is 10.4. The van der Waals surface area contributed by atoms with Gasteiger partial charge in [-0.2, -0.15) is 0 Å². The Kier molecular flexibility index (Phi) is 5.56. The van der Waals surface area contributed by atoms with E-state index >= 15 is 0 Å². The molecule has 0 saturated heterocycles. The molecule has 2 unspecified atom stereocenters. The van der Waals surface area contributed by atoms with E-state index in [0.717, 1.165) is 0 Å². The van der Waals surface area contributed by atoms with Crippen LogP contribution >= 0.6 is 11.6 Å². The molecule has 2 N–H and O–H groups in total. The molecule has 1 aromatic rings. The molecule has 0 saturated carbocycles. The summed E-state index contributed by atoms with van der Waals surface area (Å²) in [6.07, 6.45) is -0.135. The number of halogens is 2. The number of aliphatic hydroxyl groups is 1. The van der Waals surface area contributed by atoms with Crippen LogP contribution in [0.3, 0.4) is 0 Å². The fourth-order valence-corrected chi connectivity index (χ4v) is 1.99. The van der Waals surface area contributed by atoms with E-state index in [1.54, 1.807) is 19.9 Å². The molecule has 0 fully saturated rings. The first-order valence-corrected chi connectivity index (χ1v) is 6.18. The van der Waals surface area contributed by atoms with Crippen molar-refractivity contribution in [3.63, 3.8) is 0 Å². The molecule has 5 heteroatoms. The molecule has 1 rings (SSSR count). The Balaban J connectivity index is 2.60. The molecule has 0 aliphatic heterocycles. The van der Waals surface area contributed by atoms with Crippen molar-refractivity contribution in [1.29, 1.82) is 0 Å². The topological polar surface area (TPSA) is 49.3 Å². The van der Waals surface area contributed by atoms with Gasteiger partial charge in [-0.3, -0.25) is 4.79 Å². The molecule has 0 aliphatic carbocycles. The van der Waals surface area contributed by atoms with Gasteiger partial charge in [0.05, 0.1) is 12.5 Å². The van der Waals surface area contributed by atoms with Gasteiger partial charge in [0.1, 0.15) is 5.82 Å². The van der Waals surface area contributed by atoms with E-state index in [4.69, 9.17) is 11.6 Å². The Bertz CT molecular complexity index is 403. The van der Waals surface area contributed by atoms with Gasteiger partial charge < -0.3 is 10.4 Å². The molecule has 0 heterocycles. The highest BCUT2D eigenvalue weighted by atomic mass is 35.5. The lowest BCUT2D eigenvalue weighted by molar-refractivity contribution is -0.121. The number of amides is 1. The van der Waals surface area contributed by atoms with E-state index in [0.29, 0.717) is 6.42 Å². The molecule has 0 radical (unpaired) electrons. The highest BCUT2D eigenvalue weighted by Gasteiger charge is 2.14. The first kappa shape index (κ1) is 14.9. The van der Waals surface area contributed by atoms with Crippen LogP contribution < -0.4 is 5.32 Å². The summed E-state index contributed by atoms with van der Waals surface area (Å²) in [7, 11) is 0. The molecule has 18 heavy (non-hydrogen) atoms. The van der Waals surface area contributed by atoms with Crippen LogP contribution in [0.25, 0.3) is 0 Å². The van der Waals surface area contributed by atoms with Gasteiger partial charge in [-0.15, -0.1) is 0 Å². The second-order valence-electron chi connectivity index (χ2n) is 4.43. The maximum Gasteiger partial charge on any atom is 0.224 e. The monoisotopic (exact) mass is 273 g/mol. The molecule has 0 aromatic heterocycles. The van der Waals surface area contributed by atoms with E-state index < -0.39 is 11.9 Å². The van der Waals surface area contributed by atoms with Crippen molar-refractivity contribution in [2.75, 3.05) is 0 Å². The largest absolute Gasteiger partial charge is 0.393 e. The number of aliphatic hydroxyl groups excluding tert-OH is 1. The van der Waals surface area contributed by atoms with Gasteiger partial charge >= 0.3 is 0 Å². The second-order valence-corrected chi connectivity index (χ2v) is 4.84. The summed E-state index contributed by atoms with van der Waals surface area (Å²) < 4.78 is 13.5. The summed E-state index contributed by atoms with van der Waals surface area (Å²) in [5, 5.41) is 12.1. The van der Waals surface area contributed by atoms with Crippen molar-refractivity contribution in [2.24, 2.45) is 0 Å². The van der Waals surface area contributed by atoms with Crippen LogP contribution in [-0.2, 0) is 11.2 Å². The zero-order chi connectivity index (χ0) is 13.7. The fraction of sp³-hybridized carbons (Fsp3) is 0.462. The smallest absolute Gasteiger partial charge is 0.224 e. The molecular weight excluding hydrogens is 257 g/mol. The molecule has 1 amide bonds. The van der Waals surface area contributed by atoms with Crippen LogP contribution in [0.2, 0.25) is 5.02 Å². The highest BCUT2D eigenvalue weighted by Crippen LogP contribution is 2.19. The third kappa shape index (κ3) is 4.63. The summed E-state index contributed by atoms with van der Waals surface area (Å²) >= 11 is 5.83. The normalized spacial score (nSPS) is 14.1. The maximum absolute atomic E-state index is 13.5. The number of hydrogen-bond donors (Lipinski definition) is 2. The Morgan fingerprint density at radius 1 is 1.50 bits per heavy atom. The minimum absolute atomic E-state index is 0.102. The standard InChI is InChI=1S/C13H17ClFNO2/c1-8(6-9(2)17)16-13(18)7-10-11(14)4-3-5-12(10)15/h3-5,8-9,17H,6-7H2,1-2H3,(H,16,18). The number of nitrogens with one attached hydrogen (secondary N) is 1. The Morgan fingerprint density at radius 2 is 2.17 bits per heavy atom. The van der Waals surface area contributed by atoms with Crippen LogP contribution in [0, 0.1) is 5.82 Å². The number of carbonyl (C=O) groups excluding carboxylic acids is 1. The minimum atomic E-state index is -0.489. The lowest BCUT2D eigenvalue weighted by Gasteiger charge is -2.15. The summed E-state index contributed by atoms with van der Waals surface area (Å²) in [5.41, 5.74) is 0.195. The van der Waals surface area contributed by atoms with Crippen molar-refractivity contribution >= 4 is 17.5 Å². The lowest BCUT2D eigenvalue weighted by Crippen LogP contribution is -2.35. The maximum atomic E-state index is 13.5. The minimum Gasteiger partial charge on any atom is -0.393 e. The first-order chi connectivity index (χ1) is 8.40. The Morgan fingerprint density at radius 3 is 2.72 bits per heavy atom. The Hall–Kier alpha value is -1.13. The van der Waals surface area contributed by atoms with Crippen LogP contribution in [-0.4, -0.2) is 23.2 Å². The average molecular weight is 274 g/mol. The second kappa shape index (κ2) is 6.71. The molecule has 1 aromatic carbocycles. The number of benzene rings is 1. The number of carbonyl (C=O) groups is 1. The quantitative estimate of drug-likeness (QED) is 0.865. The van der Waals surface area contributed by atoms with Crippen molar-refractivity contribution in [3.8, 4) is 0 Å². The van der Waals surface area contributed by atoms with E-state index in [-0.39, 0.29) is 29.0 Å². The van der Waals surface area contributed by atoms with Gasteiger partial charge in [-0.1, -0.05) is 17.7 Å². The highest BCUT2D eigenvalue weighted by molar-refractivity contribution is 6.31. The van der Waals surface area contributed by atoms with Gasteiger partial charge in [0.25, 0.3) is 0 Å². The predicted molar refractivity (Wildman–Crippen MR) is 69.0 cm³/mol. The van der Waals surface area contributed by atoms with E-state index in [2.05, 4.69) is 5.32 Å². The Labute approximate surface area is 111 Å². The molecule has 0 aliphatic rings. The van der Waals surface area contributed by atoms with Crippen LogP contribution in [0.15, 0.2) is 18.2 Å². The van der Waals surface area contributed by atoms with Crippen molar-refractivity contribution < 1.29 is 14.3 Å². The third-order valence-electron chi connectivity index (χ3n) is 2.50. The van der Waals surface area contributed by atoms with Gasteiger partial charge in [-0.05, 0) is 32.4 Å². The average Bonchev–Trinajstić information content (AvgIpc) is 2.22. The summed E-state index contributed by atoms with van der Waals surface area (Å²) in [6.45, 7) is 3.43. The van der Waals surface area contributed by atoms with Gasteiger partial charge in [0.2, 0.25) is 5.91 Å². The predicted octanol–water partition coefficient (Wildman–Crippen LogP) is 2.30. The van der Waals surface area contributed by atoms with Crippen molar-refractivity contribution in [3.05, 3.63) is 34.6 Å². The molecule has 3 nitrogen and oxygen atoms in total. The van der Waals surface area contributed by atoms with E-state index in [1.807, 2.05) is 0 Å². The third-order valence-corrected chi connectivity index (χ3v) is 2.86. The van der Waals surface area contributed by atoms with Crippen LogP contribution in [0.4, 0.5) is 4.39 Å². The first-order valence-electron chi connectivity index (χ1n) is 5.80. The zero-order valence-corrected chi connectivity index (χ0v) is 11.2. The van der Waals surface area contributed by atoms with E-state index in [9.17, 15) is 14.3 Å². The van der Waals surface area contributed by atoms with Crippen LogP contribution in [0.5, 0.6) is 0 Å². The summed E-state index contributed by atoms with van der Waals surface area (Å²) in [5.74, 6) is -0.795. The SMILES string of the molecule is CC(O)CC(C)NC(=O)Cc1c(F)cccc1Cl. The van der Waals surface area contributed by atoms with Crippen molar-refractivity contribution in [1.82, 2.24) is 5.32 Å². The summed E-state index contributed by atoms with van der Waals surface area (Å²) in [4.78, 5) is 11.7. The van der Waals surface area contributed by atoms with Gasteiger partial charge in [-0.25, -0.2) is 4.39 Å². The molecule has 100 valence electrons. The number of hydrogen-bond acceptors (Lipinski definition) is 2. The molecule has 0 spiro atoms.